The van der Waals surface area contributed by atoms with Gasteiger partial charge in [0.05, 0.1) is 109 Å². The van der Waals surface area contributed by atoms with Crippen molar-refractivity contribution >= 4 is 43.6 Å². The molecule has 84 heavy (non-hydrogen) atoms. The number of hydrogen-bond acceptors (Lipinski definition) is 6. The van der Waals surface area contributed by atoms with Crippen molar-refractivity contribution in [1.29, 1.82) is 31.6 Å². The van der Waals surface area contributed by atoms with Crippen LogP contribution in [0.2, 0.25) is 0 Å². The predicted octanol–water partition coefficient (Wildman–Crippen LogP) is 18.1. The molecule has 0 aliphatic carbocycles. The number of aromatic nitrogens is 2. The normalized spacial score (nSPS) is 11.2. The molecule has 2 heterocycles. The van der Waals surface area contributed by atoms with Gasteiger partial charge in [-0.3, -0.25) is 0 Å². The lowest BCUT2D eigenvalue weighted by molar-refractivity contribution is -0.137. The molecule has 13 aromatic rings. The highest BCUT2D eigenvalue weighted by Crippen LogP contribution is 2.47. The first-order chi connectivity index (χ1) is 41.0. The maximum atomic E-state index is 15.3. The van der Waals surface area contributed by atoms with Crippen LogP contribution in [0, 0.1) is 68.0 Å². The van der Waals surface area contributed by atoms with Crippen molar-refractivity contribution in [2.45, 2.75) is 6.18 Å². The standard InChI is InChI=1S/C73H37F3N8/c74-73(75,76)66-31-44(38-77)17-24-59(66)50-19-26-61(72(37-50)84-69-29-22-48(57-15-7-3-11-53(57)42-81)35-64(69)65-36-49(23-30-70(65)84)58-16-8-4-12-54(58)43-82)60-25-18-45(39-78)32-71(60)83-67-27-20-46(55-13-5-1-9-51(55)40-79)33-62(67)63-34-47(21-28-68(63)83)56-14-6-2-10-52(56)41-80/h1-37H. The fourth-order valence-electron chi connectivity index (χ4n) is 11.8. The van der Waals surface area contributed by atoms with E-state index in [-0.39, 0.29) is 16.7 Å². The van der Waals surface area contributed by atoms with Crippen LogP contribution in [-0.4, -0.2) is 9.13 Å². The number of halogens is 3. The summed E-state index contributed by atoms with van der Waals surface area (Å²) in [6, 6.07) is 80.6. The number of fused-ring (bicyclic) bond motifs is 6. The predicted molar refractivity (Wildman–Crippen MR) is 321 cm³/mol. The van der Waals surface area contributed by atoms with Crippen molar-refractivity contribution in [1.82, 2.24) is 9.13 Å². The summed E-state index contributed by atoms with van der Waals surface area (Å²) in [4.78, 5) is 0. The Morgan fingerprint density at radius 3 is 0.917 bits per heavy atom. The van der Waals surface area contributed by atoms with Crippen LogP contribution in [0.1, 0.15) is 38.9 Å². The number of nitrogens with zero attached hydrogens (tertiary/aromatic N) is 8. The molecule has 0 aliphatic rings. The van der Waals surface area contributed by atoms with Gasteiger partial charge >= 0.3 is 6.18 Å². The van der Waals surface area contributed by atoms with Crippen molar-refractivity contribution in [2.24, 2.45) is 0 Å². The molecule has 13 rings (SSSR count). The number of hydrogen-bond donors (Lipinski definition) is 0. The molecule has 0 saturated heterocycles. The molecule has 0 N–H and O–H groups in total. The van der Waals surface area contributed by atoms with Crippen molar-refractivity contribution in [3.8, 4) is 115 Å². The van der Waals surface area contributed by atoms with Crippen molar-refractivity contribution in [3.63, 3.8) is 0 Å². The lowest BCUT2D eigenvalue weighted by atomic mass is 9.93. The maximum absolute atomic E-state index is 15.3. The molecular formula is C73H37F3N8. The highest BCUT2D eigenvalue weighted by atomic mass is 19.4. The maximum Gasteiger partial charge on any atom is 0.417 e. The Kier molecular flexibility index (Phi) is 12.5. The molecule has 0 saturated carbocycles. The Hall–Kier alpha value is -12.3. The summed E-state index contributed by atoms with van der Waals surface area (Å²) < 4.78 is 50.0. The molecule has 0 radical (unpaired) electrons. The monoisotopic (exact) mass is 1080 g/mol. The number of rotatable bonds is 8. The van der Waals surface area contributed by atoms with Gasteiger partial charge in [0.1, 0.15) is 0 Å². The molecule has 0 bridgehead atoms. The summed E-state index contributed by atoms with van der Waals surface area (Å²) in [6.45, 7) is 0. The molecular weight excluding hydrogens is 1050 g/mol. The third kappa shape index (κ3) is 8.52. The SMILES string of the molecule is N#Cc1ccc(-c2ccc(-c3ccc(C#N)cc3C(F)(F)F)cc2-n2c3ccc(-c4ccccc4C#N)cc3c3cc(-c4ccccc4C#N)ccc32)c(-n2c3ccc(-c4ccccc4C#N)cc3c3cc(-c4ccccc4C#N)ccc32)c1. The second-order valence-corrected chi connectivity index (χ2v) is 20.2. The minimum Gasteiger partial charge on any atom is -0.309 e. The van der Waals surface area contributed by atoms with Crippen LogP contribution in [0.5, 0.6) is 0 Å². The highest BCUT2D eigenvalue weighted by molar-refractivity contribution is 6.14. The second kappa shape index (κ2) is 20.4. The van der Waals surface area contributed by atoms with Gasteiger partial charge in [-0.25, -0.2) is 0 Å². The highest BCUT2D eigenvalue weighted by Gasteiger charge is 2.35. The van der Waals surface area contributed by atoms with Crippen LogP contribution in [0.3, 0.4) is 0 Å². The zero-order chi connectivity index (χ0) is 57.8. The van der Waals surface area contributed by atoms with Gasteiger partial charge in [0.25, 0.3) is 0 Å². The molecule has 11 aromatic carbocycles. The van der Waals surface area contributed by atoms with Crippen LogP contribution in [0.25, 0.3) is 122 Å². The lowest BCUT2D eigenvalue weighted by Crippen LogP contribution is -2.08. The molecule has 2 aromatic heterocycles. The Morgan fingerprint density at radius 1 is 0.274 bits per heavy atom. The minimum atomic E-state index is -4.84. The first kappa shape index (κ1) is 51.2. The molecule has 0 amide bonds. The minimum absolute atomic E-state index is 0.147. The third-order valence-electron chi connectivity index (χ3n) is 15.6. The van der Waals surface area contributed by atoms with Crippen LogP contribution in [0.4, 0.5) is 13.2 Å². The molecule has 0 fully saturated rings. The van der Waals surface area contributed by atoms with Crippen LogP contribution in [0.15, 0.2) is 224 Å². The van der Waals surface area contributed by atoms with Crippen LogP contribution < -0.4 is 0 Å². The summed E-state index contributed by atoms with van der Waals surface area (Å²) in [7, 11) is 0. The topological polar surface area (TPSA) is 153 Å². The molecule has 8 nitrogen and oxygen atoms in total. The summed E-state index contributed by atoms with van der Waals surface area (Å²) in [6.07, 6.45) is -4.84. The summed E-state index contributed by atoms with van der Waals surface area (Å²) in [5.41, 5.74) is 12.2. The largest absolute Gasteiger partial charge is 0.417 e. The van der Waals surface area contributed by atoms with Gasteiger partial charge in [-0.1, -0.05) is 121 Å². The average Bonchev–Trinajstić information content (AvgIpc) is 1.85. The second-order valence-electron chi connectivity index (χ2n) is 20.2. The van der Waals surface area contributed by atoms with E-state index in [0.29, 0.717) is 72.5 Å². The van der Waals surface area contributed by atoms with Crippen molar-refractivity contribution in [2.75, 3.05) is 0 Å². The van der Waals surface area contributed by atoms with Gasteiger partial charge in [0.15, 0.2) is 0 Å². The van der Waals surface area contributed by atoms with E-state index in [4.69, 9.17) is 0 Å². The molecule has 390 valence electrons. The number of benzene rings is 11. The van der Waals surface area contributed by atoms with E-state index in [2.05, 4.69) is 34.9 Å². The Morgan fingerprint density at radius 2 is 0.571 bits per heavy atom. The summed E-state index contributed by atoms with van der Waals surface area (Å²) in [5, 5.41) is 64.7. The number of alkyl halides is 3. The van der Waals surface area contributed by atoms with E-state index in [1.165, 1.54) is 12.1 Å². The van der Waals surface area contributed by atoms with E-state index in [1.807, 2.05) is 150 Å². The van der Waals surface area contributed by atoms with E-state index >= 15 is 13.2 Å². The number of nitriles is 6. The fourth-order valence-corrected chi connectivity index (χ4v) is 11.8. The first-order valence-corrected chi connectivity index (χ1v) is 26.5. The molecule has 0 unspecified atom stereocenters. The van der Waals surface area contributed by atoms with Gasteiger partial charge < -0.3 is 9.13 Å². The molecule has 0 atom stereocenters. The van der Waals surface area contributed by atoms with Gasteiger partial charge in [-0.15, -0.1) is 0 Å². The van der Waals surface area contributed by atoms with Gasteiger partial charge in [-0.05, 0) is 159 Å². The van der Waals surface area contributed by atoms with Crippen LogP contribution >= 0.6 is 0 Å². The Bertz CT molecular complexity index is 5000. The van der Waals surface area contributed by atoms with Crippen molar-refractivity contribution in [3.05, 3.63) is 263 Å². The van der Waals surface area contributed by atoms with Gasteiger partial charge in [0.2, 0.25) is 0 Å². The van der Waals surface area contributed by atoms with E-state index in [9.17, 15) is 31.6 Å². The third-order valence-corrected chi connectivity index (χ3v) is 15.6. The lowest BCUT2D eigenvalue weighted by Gasteiger charge is -2.21. The van der Waals surface area contributed by atoms with E-state index in [1.54, 1.807) is 66.7 Å². The van der Waals surface area contributed by atoms with Crippen LogP contribution in [-0.2, 0) is 6.18 Å². The molecule has 0 aliphatic heterocycles. The average molecular weight is 1080 g/mol. The summed E-state index contributed by atoms with van der Waals surface area (Å²) in [5.74, 6) is 0. The Balaban J connectivity index is 1.14. The van der Waals surface area contributed by atoms with Gasteiger partial charge in [0, 0.05) is 32.7 Å². The molecule has 11 heteroatoms. The zero-order valence-corrected chi connectivity index (χ0v) is 44.1. The van der Waals surface area contributed by atoms with E-state index in [0.717, 1.165) is 72.0 Å². The van der Waals surface area contributed by atoms with E-state index < -0.39 is 11.7 Å². The smallest absolute Gasteiger partial charge is 0.309 e. The molecule has 0 spiro atoms. The van der Waals surface area contributed by atoms with Gasteiger partial charge in [-0.2, -0.15) is 44.7 Å². The fraction of sp³-hybridized carbons (Fsp3) is 0.0137. The quantitative estimate of drug-likeness (QED) is 0.148. The van der Waals surface area contributed by atoms with Crippen molar-refractivity contribution < 1.29 is 13.2 Å². The first-order valence-electron chi connectivity index (χ1n) is 26.5. The summed E-state index contributed by atoms with van der Waals surface area (Å²) >= 11 is 0. The zero-order valence-electron chi connectivity index (χ0n) is 44.1. The Labute approximate surface area is 479 Å².